The Balaban J connectivity index is 4.41. The number of carbonyl (C=O) groups is 2. The third-order valence-corrected chi connectivity index (χ3v) is 2.42. The smallest absolute Gasteiger partial charge is 0.326 e. The summed E-state index contributed by atoms with van der Waals surface area (Å²) in [5.41, 5.74) is 10.8. The number of nitrogens with two attached hydrogens (primary N) is 2. The van der Waals surface area contributed by atoms with E-state index in [1.54, 1.807) is 0 Å². The summed E-state index contributed by atoms with van der Waals surface area (Å²) in [4.78, 5) is 23.7. The van der Waals surface area contributed by atoms with Crippen molar-refractivity contribution < 1.29 is 14.7 Å². The average Bonchev–Trinajstić information content (AvgIpc) is 2.21. The maximum atomic E-state index is 11.5. The number of likely N-dealkylation sites (N-methyl/N-ethyl adjacent to an activating group) is 1. The number of hydrogen-bond donors (Lipinski definition) is 3. The van der Waals surface area contributed by atoms with Gasteiger partial charge in [-0.25, -0.2) is 4.79 Å². The summed E-state index contributed by atoms with van der Waals surface area (Å²) in [6.45, 7) is 2.06. The second kappa shape index (κ2) is 7.19. The van der Waals surface area contributed by atoms with Gasteiger partial charge in [-0.3, -0.25) is 4.79 Å². The van der Waals surface area contributed by atoms with E-state index in [-0.39, 0.29) is 5.91 Å². The predicted octanol–water partition coefficient (Wildman–Crippen LogP) is -0.626. The van der Waals surface area contributed by atoms with Gasteiger partial charge in [0.25, 0.3) is 0 Å². The monoisotopic (exact) mass is 231 g/mol. The minimum absolute atomic E-state index is 0.361. The molecule has 2 atom stereocenters. The quantitative estimate of drug-likeness (QED) is 0.505. The van der Waals surface area contributed by atoms with Gasteiger partial charge in [0.15, 0.2) is 0 Å². The summed E-state index contributed by atoms with van der Waals surface area (Å²) in [6, 6.07) is -1.49. The van der Waals surface area contributed by atoms with Crippen LogP contribution in [0.5, 0.6) is 0 Å². The molecule has 0 fully saturated rings. The highest BCUT2D eigenvalue weighted by Crippen LogP contribution is 2.08. The molecule has 0 radical (unpaired) electrons. The maximum Gasteiger partial charge on any atom is 0.326 e. The van der Waals surface area contributed by atoms with Crippen molar-refractivity contribution in [3.63, 3.8) is 0 Å². The third kappa shape index (κ3) is 4.59. The minimum atomic E-state index is -1.01. The molecule has 0 heterocycles. The zero-order valence-corrected chi connectivity index (χ0v) is 9.85. The van der Waals surface area contributed by atoms with Crippen LogP contribution >= 0.6 is 0 Å². The van der Waals surface area contributed by atoms with Gasteiger partial charge < -0.3 is 21.5 Å². The summed E-state index contributed by atoms with van der Waals surface area (Å²) in [5, 5.41) is 9.01. The first-order valence-electron chi connectivity index (χ1n) is 5.37. The molecule has 1 amide bonds. The van der Waals surface area contributed by atoms with Gasteiger partial charge in [0.05, 0.1) is 6.04 Å². The molecule has 0 rings (SSSR count). The third-order valence-electron chi connectivity index (χ3n) is 2.42. The second-order valence-electron chi connectivity index (χ2n) is 3.88. The van der Waals surface area contributed by atoms with E-state index < -0.39 is 18.1 Å². The van der Waals surface area contributed by atoms with Crippen LogP contribution in [0.2, 0.25) is 0 Å². The molecule has 6 heteroatoms. The lowest BCUT2D eigenvalue weighted by Gasteiger charge is -2.26. The SMILES string of the molecule is CC(N)C(=O)N(C)C(CCCCN)C(=O)O. The van der Waals surface area contributed by atoms with E-state index in [0.29, 0.717) is 19.4 Å². The van der Waals surface area contributed by atoms with Crippen LogP contribution in [0.3, 0.4) is 0 Å². The fourth-order valence-corrected chi connectivity index (χ4v) is 1.44. The lowest BCUT2D eigenvalue weighted by Crippen LogP contribution is -2.48. The Morgan fingerprint density at radius 2 is 1.94 bits per heavy atom. The molecule has 0 bridgehead atoms. The van der Waals surface area contributed by atoms with E-state index >= 15 is 0 Å². The van der Waals surface area contributed by atoms with E-state index in [1.807, 2.05) is 0 Å². The fourth-order valence-electron chi connectivity index (χ4n) is 1.44. The van der Waals surface area contributed by atoms with E-state index in [0.717, 1.165) is 6.42 Å². The molecule has 0 aliphatic rings. The van der Waals surface area contributed by atoms with Crippen LogP contribution in [0.25, 0.3) is 0 Å². The van der Waals surface area contributed by atoms with Crippen molar-refractivity contribution in [3.05, 3.63) is 0 Å². The predicted molar refractivity (Wildman–Crippen MR) is 60.7 cm³/mol. The number of carbonyl (C=O) groups excluding carboxylic acids is 1. The topological polar surface area (TPSA) is 110 Å². The van der Waals surface area contributed by atoms with Gasteiger partial charge in [-0.15, -0.1) is 0 Å². The molecular weight excluding hydrogens is 210 g/mol. The number of unbranched alkanes of at least 4 members (excludes halogenated alkanes) is 1. The first kappa shape index (κ1) is 14.9. The second-order valence-corrected chi connectivity index (χ2v) is 3.88. The Morgan fingerprint density at radius 3 is 2.31 bits per heavy atom. The number of carboxylic acid groups (broad SMARTS) is 1. The summed E-state index contributed by atoms with van der Waals surface area (Å²) < 4.78 is 0. The van der Waals surface area contributed by atoms with Crippen LogP contribution < -0.4 is 11.5 Å². The van der Waals surface area contributed by atoms with Crippen molar-refractivity contribution in [1.82, 2.24) is 4.90 Å². The molecule has 0 aromatic heterocycles. The van der Waals surface area contributed by atoms with Crippen LogP contribution in [0.4, 0.5) is 0 Å². The van der Waals surface area contributed by atoms with E-state index in [2.05, 4.69) is 0 Å². The van der Waals surface area contributed by atoms with Crippen molar-refractivity contribution in [2.24, 2.45) is 11.5 Å². The van der Waals surface area contributed by atoms with Crippen molar-refractivity contribution in [1.29, 1.82) is 0 Å². The summed E-state index contributed by atoms with van der Waals surface area (Å²) >= 11 is 0. The molecule has 16 heavy (non-hydrogen) atoms. The van der Waals surface area contributed by atoms with Crippen LogP contribution in [0.15, 0.2) is 0 Å². The fraction of sp³-hybridized carbons (Fsp3) is 0.800. The number of rotatable bonds is 7. The van der Waals surface area contributed by atoms with Crippen LogP contribution in [-0.2, 0) is 9.59 Å². The van der Waals surface area contributed by atoms with Crippen molar-refractivity contribution in [2.45, 2.75) is 38.3 Å². The molecule has 0 aliphatic heterocycles. The molecule has 0 aromatic rings. The Bertz CT molecular complexity index is 243. The molecule has 5 N–H and O–H groups in total. The maximum absolute atomic E-state index is 11.5. The first-order valence-corrected chi connectivity index (χ1v) is 5.37. The van der Waals surface area contributed by atoms with Gasteiger partial charge in [-0.1, -0.05) is 0 Å². The minimum Gasteiger partial charge on any atom is -0.480 e. The molecule has 0 aliphatic carbocycles. The van der Waals surface area contributed by atoms with Gasteiger partial charge in [0.2, 0.25) is 5.91 Å². The summed E-state index contributed by atoms with van der Waals surface area (Å²) in [5.74, 6) is -1.37. The normalized spacial score (nSPS) is 14.2. The standard InChI is InChI=1S/C10H21N3O3/c1-7(12)9(14)13(2)8(10(15)16)5-3-4-6-11/h7-8H,3-6,11-12H2,1-2H3,(H,15,16). The zero-order valence-electron chi connectivity index (χ0n) is 9.85. The molecule has 0 spiro atoms. The van der Waals surface area contributed by atoms with Crippen molar-refractivity contribution in [3.8, 4) is 0 Å². The molecule has 94 valence electrons. The first-order chi connectivity index (χ1) is 7.41. The highest BCUT2D eigenvalue weighted by atomic mass is 16.4. The van der Waals surface area contributed by atoms with Gasteiger partial charge in [0.1, 0.15) is 6.04 Å². The van der Waals surface area contributed by atoms with Gasteiger partial charge in [0, 0.05) is 7.05 Å². The average molecular weight is 231 g/mol. The van der Waals surface area contributed by atoms with Gasteiger partial charge in [-0.2, -0.15) is 0 Å². The van der Waals surface area contributed by atoms with Crippen LogP contribution in [-0.4, -0.2) is 47.6 Å². The molecule has 6 nitrogen and oxygen atoms in total. The Kier molecular flexibility index (Phi) is 6.67. The molecule has 0 aromatic carbocycles. The Hall–Kier alpha value is -1.14. The zero-order chi connectivity index (χ0) is 12.7. The van der Waals surface area contributed by atoms with Crippen LogP contribution in [0.1, 0.15) is 26.2 Å². The van der Waals surface area contributed by atoms with Crippen molar-refractivity contribution in [2.75, 3.05) is 13.6 Å². The molecule has 2 unspecified atom stereocenters. The summed E-state index contributed by atoms with van der Waals surface area (Å²) in [7, 11) is 1.47. The number of amides is 1. The number of hydrogen-bond acceptors (Lipinski definition) is 4. The number of carboxylic acids is 1. The van der Waals surface area contributed by atoms with E-state index in [9.17, 15) is 9.59 Å². The molecule has 0 saturated heterocycles. The Labute approximate surface area is 95.6 Å². The number of aliphatic carboxylic acids is 1. The lowest BCUT2D eigenvalue weighted by atomic mass is 10.1. The molecular formula is C10H21N3O3. The van der Waals surface area contributed by atoms with Gasteiger partial charge in [-0.05, 0) is 32.7 Å². The highest BCUT2D eigenvalue weighted by molar-refractivity contribution is 5.86. The highest BCUT2D eigenvalue weighted by Gasteiger charge is 2.27. The summed E-state index contributed by atoms with van der Waals surface area (Å²) in [6.07, 6.45) is 1.84. The van der Waals surface area contributed by atoms with E-state index in [1.165, 1.54) is 18.9 Å². The van der Waals surface area contributed by atoms with E-state index in [4.69, 9.17) is 16.6 Å². The molecule has 0 saturated carbocycles. The van der Waals surface area contributed by atoms with Crippen LogP contribution in [0, 0.1) is 0 Å². The van der Waals surface area contributed by atoms with Crippen molar-refractivity contribution >= 4 is 11.9 Å². The lowest BCUT2D eigenvalue weighted by molar-refractivity contribution is -0.149. The number of nitrogens with zero attached hydrogens (tertiary/aromatic N) is 1. The largest absolute Gasteiger partial charge is 0.480 e. The van der Waals surface area contributed by atoms with Gasteiger partial charge >= 0.3 is 5.97 Å². The Morgan fingerprint density at radius 1 is 1.38 bits per heavy atom.